The van der Waals surface area contributed by atoms with E-state index >= 15 is 0 Å². The molecule has 0 radical (unpaired) electrons. The fourth-order valence-corrected chi connectivity index (χ4v) is 4.49. The van der Waals surface area contributed by atoms with Crippen molar-refractivity contribution in [3.63, 3.8) is 0 Å². The van der Waals surface area contributed by atoms with E-state index in [-0.39, 0.29) is 10.9 Å². The summed E-state index contributed by atoms with van der Waals surface area (Å²) in [5, 5.41) is 1.03. The zero-order chi connectivity index (χ0) is 17.7. The molecule has 2 aromatic rings. The Balaban J connectivity index is 2.09. The zero-order valence-corrected chi connectivity index (χ0v) is 16.1. The summed E-state index contributed by atoms with van der Waals surface area (Å²) < 4.78 is 27.4. The molecule has 1 N–H and O–H groups in total. The molecule has 2 rings (SSSR count). The van der Waals surface area contributed by atoms with E-state index in [1.54, 1.807) is 23.5 Å². The third-order valence-corrected chi connectivity index (χ3v) is 6.19. The van der Waals surface area contributed by atoms with E-state index < -0.39 is 10.0 Å². The summed E-state index contributed by atoms with van der Waals surface area (Å²) in [6.07, 6.45) is 4.79. The summed E-state index contributed by atoms with van der Waals surface area (Å²) in [5.74, 6) is 0.725. The Kier molecular flexibility index (Phi) is 6.31. The van der Waals surface area contributed by atoms with E-state index in [1.165, 1.54) is 6.20 Å². The quantitative estimate of drug-likeness (QED) is 0.775. The van der Waals surface area contributed by atoms with Crippen molar-refractivity contribution >= 4 is 27.2 Å². The summed E-state index contributed by atoms with van der Waals surface area (Å²) in [5.41, 5.74) is 0. The van der Waals surface area contributed by atoms with Gasteiger partial charge in [-0.2, -0.15) is 0 Å². The molecule has 0 spiro atoms. The number of rotatable bonds is 8. The molecule has 8 heteroatoms. The number of sulfonamides is 1. The minimum absolute atomic E-state index is 0.0491. The average molecular weight is 369 g/mol. The number of pyridine rings is 1. The maximum Gasteiger partial charge on any atom is 0.242 e. The fraction of sp³-hybridized carbons (Fsp3) is 0.500. The van der Waals surface area contributed by atoms with Crippen LogP contribution in [0.5, 0.6) is 0 Å². The number of anilines is 1. The highest BCUT2D eigenvalue weighted by molar-refractivity contribution is 7.89. The number of hydrogen-bond donors (Lipinski definition) is 1. The smallest absolute Gasteiger partial charge is 0.242 e. The molecule has 2 aromatic heterocycles. The molecule has 24 heavy (non-hydrogen) atoms. The second-order valence-electron chi connectivity index (χ2n) is 5.69. The van der Waals surface area contributed by atoms with Crippen LogP contribution in [-0.4, -0.2) is 31.5 Å². The summed E-state index contributed by atoms with van der Waals surface area (Å²) in [4.78, 5) is 11.8. The van der Waals surface area contributed by atoms with Crippen LogP contribution in [0.3, 0.4) is 0 Å². The fourth-order valence-electron chi connectivity index (χ4n) is 2.29. The first-order valence-electron chi connectivity index (χ1n) is 7.96. The zero-order valence-electron chi connectivity index (χ0n) is 14.5. The van der Waals surface area contributed by atoms with Gasteiger partial charge < -0.3 is 4.90 Å². The van der Waals surface area contributed by atoms with Crippen molar-refractivity contribution in [1.82, 2.24) is 14.7 Å². The lowest BCUT2D eigenvalue weighted by Gasteiger charge is -2.18. The van der Waals surface area contributed by atoms with Crippen molar-refractivity contribution in [2.45, 2.75) is 51.1 Å². The molecule has 0 aliphatic carbocycles. The largest absolute Gasteiger partial charge is 0.354 e. The first-order valence-corrected chi connectivity index (χ1v) is 10.3. The van der Waals surface area contributed by atoms with E-state index in [4.69, 9.17) is 0 Å². The van der Waals surface area contributed by atoms with Gasteiger partial charge in [0.2, 0.25) is 10.0 Å². The lowest BCUT2D eigenvalue weighted by molar-refractivity contribution is 0.530. The Morgan fingerprint density at radius 2 is 1.92 bits per heavy atom. The molecule has 0 unspecified atom stereocenters. The van der Waals surface area contributed by atoms with Gasteiger partial charge in [0, 0.05) is 30.4 Å². The van der Waals surface area contributed by atoms with Crippen molar-refractivity contribution in [3.05, 3.63) is 34.4 Å². The topological polar surface area (TPSA) is 75.2 Å². The highest BCUT2D eigenvalue weighted by atomic mass is 32.2. The molecule has 132 valence electrons. The van der Waals surface area contributed by atoms with Crippen LogP contribution in [0, 0.1) is 6.92 Å². The van der Waals surface area contributed by atoms with Gasteiger partial charge in [0.25, 0.3) is 0 Å². The minimum Gasteiger partial charge on any atom is -0.354 e. The highest BCUT2D eigenvalue weighted by Gasteiger charge is 2.18. The number of aromatic nitrogens is 2. The van der Waals surface area contributed by atoms with E-state index in [2.05, 4.69) is 14.7 Å². The molecular weight excluding hydrogens is 344 g/mol. The standard InChI is InChI=1S/C16H24N4O2S2/c1-5-13(6-2)19-24(21,22)15-7-8-16(18-10-15)20(4)11-14-9-17-12(3)23-14/h7-10,13,19H,5-6,11H2,1-4H3. The number of nitrogens with one attached hydrogen (secondary N) is 1. The molecule has 0 amide bonds. The van der Waals surface area contributed by atoms with Gasteiger partial charge in [-0.1, -0.05) is 13.8 Å². The summed E-state index contributed by atoms with van der Waals surface area (Å²) >= 11 is 1.64. The molecule has 2 heterocycles. The molecule has 0 saturated heterocycles. The molecule has 0 saturated carbocycles. The maximum absolute atomic E-state index is 12.4. The molecular formula is C16H24N4O2S2. The second kappa shape index (κ2) is 8.04. The Morgan fingerprint density at radius 1 is 1.21 bits per heavy atom. The predicted octanol–water partition coefficient (Wildman–Crippen LogP) is 2.95. The molecule has 0 aliphatic rings. The third kappa shape index (κ3) is 4.75. The Bertz CT molecular complexity index is 753. The van der Waals surface area contributed by atoms with Gasteiger partial charge in [-0.3, -0.25) is 0 Å². The van der Waals surface area contributed by atoms with Crippen LogP contribution in [0.15, 0.2) is 29.4 Å². The van der Waals surface area contributed by atoms with Crippen LogP contribution in [0.4, 0.5) is 5.82 Å². The van der Waals surface area contributed by atoms with E-state index in [1.807, 2.05) is 38.9 Å². The van der Waals surface area contributed by atoms with Gasteiger partial charge in [0.05, 0.1) is 11.6 Å². The van der Waals surface area contributed by atoms with Crippen molar-refractivity contribution in [2.75, 3.05) is 11.9 Å². The minimum atomic E-state index is -3.52. The normalized spacial score (nSPS) is 11.9. The molecule has 6 nitrogen and oxygen atoms in total. The SMILES string of the molecule is CCC(CC)NS(=O)(=O)c1ccc(N(C)Cc2cnc(C)s2)nc1. The molecule has 0 aromatic carbocycles. The highest BCUT2D eigenvalue weighted by Crippen LogP contribution is 2.19. The Labute approximate surface area is 148 Å². The monoisotopic (exact) mass is 368 g/mol. The number of aryl methyl sites for hydroxylation is 1. The first kappa shape index (κ1) is 18.8. The Morgan fingerprint density at radius 3 is 2.42 bits per heavy atom. The molecule has 0 atom stereocenters. The van der Waals surface area contributed by atoms with Crippen LogP contribution < -0.4 is 9.62 Å². The average Bonchev–Trinajstić information content (AvgIpc) is 2.97. The van der Waals surface area contributed by atoms with Crippen LogP contribution in [0.25, 0.3) is 0 Å². The molecule has 0 fully saturated rings. The number of nitrogens with zero attached hydrogens (tertiary/aromatic N) is 3. The maximum atomic E-state index is 12.4. The third-order valence-electron chi connectivity index (χ3n) is 3.79. The van der Waals surface area contributed by atoms with Gasteiger partial charge in [0.1, 0.15) is 10.7 Å². The second-order valence-corrected chi connectivity index (χ2v) is 8.72. The van der Waals surface area contributed by atoms with E-state index in [0.717, 1.165) is 28.5 Å². The van der Waals surface area contributed by atoms with Crippen molar-refractivity contribution in [3.8, 4) is 0 Å². The van der Waals surface area contributed by atoms with Crippen molar-refractivity contribution in [2.24, 2.45) is 0 Å². The van der Waals surface area contributed by atoms with Crippen molar-refractivity contribution < 1.29 is 8.42 Å². The van der Waals surface area contributed by atoms with Gasteiger partial charge in [-0.15, -0.1) is 11.3 Å². The lowest BCUT2D eigenvalue weighted by atomic mass is 10.2. The van der Waals surface area contributed by atoms with E-state index in [0.29, 0.717) is 6.54 Å². The summed E-state index contributed by atoms with van der Waals surface area (Å²) in [7, 11) is -1.60. The number of thiazole rings is 1. The Hall–Kier alpha value is -1.51. The van der Waals surface area contributed by atoms with Gasteiger partial charge in [-0.25, -0.2) is 23.1 Å². The van der Waals surface area contributed by atoms with Gasteiger partial charge >= 0.3 is 0 Å². The van der Waals surface area contributed by atoms with Crippen LogP contribution >= 0.6 is 11.3 Å². The van der Waals surface area contributed by atoms with Crippen LogP contribution in [0.2, 0.25) is 0 Å². The van der Waals surface area contributed by atoms with E-state index in [9.17, 15) is 8.42 Å². The van der Waals surface area contributed by atoms with Crippen LogP contribution in [0.1, 0.15) is 36.6 Å². The predicted molar refractivity (Wildman–Crippen MR) is 97.9 cm³/mol. The summed E-state index contributed by atoms with van der Waals surface area (Å²) in [6.45, 7) is 6.60. The summed E-state index contributed by atoms with van der Waals surface area (Å²) in [6, 6.07) is 3.28. The molecule has 0 aliphatic heterocycles. The van der Waals surface area contributed by atoms with Gasteiger partial charge in [-0.05, 0) is 31.9 Å². The van der Waals surface area contributed by atoms with Gasteiger partial charge in [0.15, 0.2) is 0 Å². The van der Waals surface area contributed by atoms with Crippen LogP contribution in [-0.2, 0) is 16.6 Å². The molecule has 0 bridgehead atoms. The number of hydrogen-bond acceptors (Lipinski definition) is 6. The lowest BCUT2D eigenvalue weighted by Crippen LogP contribution is -2.33. The first-order chi connectivity index (χ1) is 11.4. The van der Waals surface area contributed by atoms with Crippen molar-refractivity contribution in [1.29, 1.82) is 0 Å².